The van der Waals surface area contributed by atoms with Gasteiger partial charge >= 0.3 is 0 Å². The van der Waals surface area contributed by atoms with Gasteiger partial charge in [-0.25, -0.2) is 4.98 Å². The summed E-state index contributed by atoms with van der Waals surface area (Å²) in [5.74, 6) is 2.10. The summed E-state index contributed by atoms with van der Waals surface area (Å²) in [6.45, 7) is 2.54. The zero-order valence-electron chi connectivity index (χ0n) is 12.7. The van der Waals surface area contributed by atoms with E-state index in [1.165, 1.54) is 0 Å². The Hall–Kier alpha value is -1.82. The van der Waals surface area contributed by atoms with Crippen molar-refractivity contribution in [3.05, 3.63) is 24.4 Å². The first-order chi connectivity index (χ1) is 10.1. The van der Waals surface area contributed by atoms with Crippen molar-refractivity contribution in [2.45, 2.75) is 12.2 Å². The largest absolute Gasteiger partial charge is 0.493 e. The second-order valence-electron chi connectivity index (χ2n) is 4.78. The molecule has 6 heteroatoms. The van der Waals surface area contributed by atoms with Crippen LogP contribution in [0.2, 0.25) is 0 Å². The molecule has 2 aromatic rings. The minimum absolute atomic E-state index is 0.0576. The molecule has 1 N–H and O–H groups in total. The lowest BCUT2D eigenvalue weighted by Crippen LogP contribution is -2.21. The third-order valence-electron chi connectivity index (χ3n) is 3.39. The van der Waals surface area contributed by atoms with Crippen molar-refractivity contribution < 1.29 is 13.7 Å². The average Bonchev–Trinajstić information content (AvgIpc) is 2.50. The van der Waals surface area contributed by atoms with Crippen LogP contribution in [-0.2, 0) is 10.8 Å². The highest BCUT2D eigenvalue weighted by Crippen LogP contribution is 2.34. The van der Waals surface area contributed by atoms with Crippen LogP contribution in [0.15, 0.2) is 24.4 Å². The summed E-state index contributed by atoms with van der Waals surface area (Å²) in [6.07, 6.45) is 3.45. The van der Waals surface area contributed by atoms with Crippen LogP contribution in [0.1, 0.15) is 6.92 Å². The molecule has 2 rings (SSSR count). The molecule has 0 amide bonds. The maximum atomic E-state index is 11.4. The van der Waals surface area contributed by atoms with Crippen LogP contribution in [0.3, 0.4) is 0 Å². The highest BCUT2D eigenvalue weighted by Gasteiger charge is 2.11. The van der Waals surface area contributed by atoms with Crippen molar-refractivity contribution >= 4 is 27.4 Å². The Morgan fingerprint density at radius 2 is 1.95 bits per heavy atom. The quantitative estimate of drug-likeness (QED) is 0.888. The van der Waals surface area contributed by atoms with Crippen molar-refractivity contribution in [2.24, 2.45) is 0 Å². The van der Waals surface area contributed by atoms with E-state index in [0.29, 0.717) is 18.0 Å². The molecule has 114 valence electrons. The number of aromatic nitrogens is 1. The van der Waals surface area contributed by atoms with Crippen LogP contribution >= 0.6 is 0 Å². The van der Waals surface area contributed by atoms with Crippen molar-refractivity contribution in [3.8, 4) is 11.5 Å². The molecule has 1 aromatic heterocycles. The molecule has 0 radical (unpaired) electrons. The normalized spacial score (nSPS) is 13.7. The van der Waals surface area contributed by atoms with Crippen LogP contribution in [0.4, 0.5) is 5.82 Å². The van der Waals surface area contributed by atoms with E-state index in [1.54, 1.807) is 26.7 Å². The number of rotatable bonds is 6. The molecule has 0 bridgehead atoms. The predicted molar refractivity (Wildman–Crippen MR) is 86.9 cm³/mol. The standard InChI is InChI=1S/C15H20N2O3S/c1-10(21(4)18)9-17-15-12-8-14(20-3)13(19-2)7-11(12)5-6-16-15/h5-8,10H,9H2,1-4H3,(H,16,17). The van der Waals surface area contributed by atoms with Gasteiger partial charge in [-0.2, -0.15) is 0 Å². The van der Waals surface area contributed by atoms with E-state index in [1.807, 2.05) is 25.1 Å². The van der Waals surface area contributed by atoms with E-state index in [9.17, 15) is 4.21 Å². The van der Waals surface area contributed by atoms with Gasteiger partial charge in [0.25, 0.3) is 0 Å². The van der Waals surface area contributed by atoms with E-state index < -0.39 is 10.8 Å². The Morgan fingerprint density at radius 3 is 2.57 bits per heavy atom. The second-order valence-corrected chi connectivity index (χ2v) is 6.58. The molecule has 0 aliphatic carbocycles. The lowest BCUT2D eigenvalue weighted by atomic mass is 10.1. The van der Waals surface area contributed by atoms with Crippen LogP contribution in [0.5, 0.6) is 11.5 Å². The average molecular weight is 308 g/mol. The van der Waals surface area contributed by atoms with Gasteiger partial charge in [-0.1, -0.05) is 0 Å². The van der Waals surface area contributed by atoms with Gasteiger partial charge in [0.15, 0.2) is 11.5 Å². The lowest BCUT2D eigenvalue weighted by Gasteiger charge is -2.14. The molecule has 1 heterocycles. The number of methoxy groups -OCH3 is 2. The number of hydrogen-bond donors (Lipinski definition) is 1. The van der Waals surface area contributed by atoms with Gasteiger partial charge in [-0.05, 0) is 30.5 Å². The summed E-state index contributed by atoms with van der Waals surface area (Å²) in [7, 11) is 2.36. The summed E-state index contributed by atoms with van der Waals surface area (Å²) in [5.41, 5.74) is 0. The Labute approximate surface area is 127 Å². The minimum Gasteiger partial charge on any atom is -0.493 e. The monoisotopic (exact) mass is 308 g/mol. The first-order valence-electron chi connectivity index (χ1n) is 6.63. The molecule has 2 unspecified atom stereocenters. The maximum Gasteiger partial charge on any atom is 0.161 e. The molecule has 0 saturated carbocycles. The number of ether oxygens (including phenoxy) is 2. The minimum atomic E-state index is -0.864. The van der Waals surface area contributed by atoms with Crippen molar-refractivity contribution in [3.63, 3.8) is 0 Å². The van der Waals surface area contributed by atoms with E-state index in [2.05, 4.69) is 10.3 Å². The van der Waals surface area contributed by atoms with Gasteiger partial charge in [0.1, 0.15) is 5.82 Å². The van der Waals surface area contributed by atoms with Gasteiger partial charge in [0.05, 0.1) is 14.2 Å². The fourth-order valence-corrected chi connectivity index (χ4v) is 2.32. The predicted octanol–water partition coefficient (Wildman–Crippen LogP) is 2.43. The van der Waals surface area contributed by atoms with Crippen LogP contribution in [-0.4, -0.2) is 41.5 Å². The molecular weight excluding hydrogens is 288 g/mol. The summed E-state index contributed by atoms with van der Waals surface area (Å²) >= 11 is 0. The molecule has 21 heavy (non-hydrogen) atoms. The van der Waals surface area contributed by atoms with Gasteiger partial charge < -0.3 is 14.8 Å². The number of fused-ring (bicyclic) bond motifs is 1. The number of nitrogens with one attached hydrogen (secondary N) is 1. The highest BCUT2D eigenvalue weighted by molar-refractivity contribution is 7.84. The van der Waals surface area contributed by atoms with E-state index in [-0.39, 0.29) is 5.25 Å². The Kier molecular flexibility index (Phi) is 5.01. The second kappa shape index (κ2) is 6.76. The van der Waals surface area contributed by atoms with E-state index in [4.69, 9.17) is 9.47 Å². The Balaban J connectivity index is 2.38. The summed E-state index contributed by atoms with van der Waals surface area (Å²) in [5, 5.41) is 5.27. The molecule has 0 fully saturated rings. The van der Waals surface area contributed by atoms with Crippen molar-refractivity contribution in [1.29, 1.82) is 0 Å². The number of pyridine rings is 1. The van der Waals surface area contributed by atoms with Gasteiger partial charge in [0.2, 0.25) is 0 Å². The molecule has 1 aromatic carbocycles. The number of anilines is 1. The summed E-state index contributed by atoms with van der Waals surface area (Å²) < 4.78 is 22.1. The van der Waals surface area contributed by atoms with Crippen molar-refractivity contribution in [2.75, 3.05) is 32.3 Å². The van der Waals surface area contributed by atoms with Gasteiger partial charge in [0, 0.05) is 40.4 Å². The first-order valence-corrected chi connectivity index (χ1v) is 8.25. The Morgan fingerprint density at radius 1 is 1.29 bits per heavy atom. The number of benzene rings is 1. The maximum absolute atomic E-state index is 11.4. The van der Waals surface area contributed by atoms with E-state index >= 15 is 0 Å². The van der Waals surface area contributed by atoms with Crippen LogP contribution in [0.25, 0.3) is 10.8 Å². The van der Waals surface area contributed by atoms with Crippen molar-refractivity contribution in [1.82, 2.24) is 4.98 Å². The molecule has 0 saturated heterocycles. The third-order valence-corrected chi connectivity index (χ3v) is 4.69. The first kappa shape index (κ1) is 15.6. The fourth-order valence-electron chi connectivity index (χ4n) is 2.00. The van der Waals surface area contributed by atoms with Crippen LogP contribution < -0.4 is 14.8 Å². The van der Waals surface area contributed by atoms with Crippen LogP contribution in [0, 0.1) is 0 Å². The topological polar surface area (TPSA) is 60.5 Å². The zero-order valence-corrected chi connectivity index (χ0v) is 13.5. The molecule has 0 aliphatic heterocycles. The number of nitrogens with zero attached hydrogens (tertiary/aromatic N) is 1. The molecular formula is C15H20N2O3S. The van der Waals surface area contributed by atoms with E-state index in [0.717, 1.165) is 16.6 Å². The summed E-state index contributed by atoms with van der Waals surface area (Å²) in [6, 6.07) is 5.74. The molecule has 0 spiro atoms. The molecule has 2 atom stereocenters. The SMILES string of the molecule is COc1cc2ccnc(NCC(C)S(C)=O)c2cc1OC. The summed E-state index contributed by atoms with van der Waals surface area (Å²) in [4.78, 5) is 4.36. The highest BCUT2D eigenvalue weighted by atomic mass is 32.2. The molecule has 0 aliphatic rings. The lowest BCUT2D eigenvalue weighted by molar-refractivity contribution is 0.356. The number of hydrogen-bond acceptors (Lipinski definition) is 5. The Bertz CT molecular complexity index is 661. The zero-order chi connectivity index (χ0) is 15.4. The van der Waals surface area contributed by atoms with Gasteiger partial charge in [-0.15, -0.1) is 0 Å². The molecule has 5 nitrogen and oxygen atoms in total. The smallest absolute Gasteiger partial charge is 0.161 e. The fraction of sp³-hybridized carbons (Fsp3) is 0.400. The third kappa shape index (κ3) is 3.44. The van der Waals surface area contributed by atoms with Gasteiger partial charge in [-0.3, -0.25) is 4.21 Å².